The number of guanidine groups is 1. The molecule has 0 aliphatic carbocycles. The molecule has 0 bridgehead atoms. The molecule has 1 aromatic heterocycles. The molecule has 0 spiro atoms. The molecule has 1 fully saturated rings. The van der Waals surface area contributed by atoms with Crippen LogP contribution in [0.2, 0.25) is 0 Å². The molecule has 1 unspecified atom stereocenters. The van der Waals surface area contributed by atoms with Crippen LogP contribution in [0, 0.1) is 5.41 Å². The molecular formula is C17H31IN4O. The largest absolute Gasteiger partial charge is 0.468 e. The highest BCUT2D eigenvalue weighted by Gasteiger charge is 2.53. The van der Waals surface area contributed by atoms with Crippen molar-refractivity contribution < 1.29 is 4.42 Å². The van der Waals surface area contributed by atoms with Crippen molar-refractivity contribution in [3.63, 3.8) is 0 Å². The maximum atomic E-state index is 5.56. The van der Waals surface area contributed by atoms with Crippen molar-refractivity contribution in [1.29, 1.82) is 0 Å². The predicted octanol–water partition coefficient (Wildman–Crippen LogP) is 3.20. The Bertz CT molecular complexity index is 523. The Balaban J connectivity index is 0.00000264. The van der Waals surface area contributed by atoms with Gasteiger partial charge in [0.25, 0.3) is 0 Å². The van der Waals surface area contributed by atoms with Gasteiger partial charge in [-0.1, -0.05) is 13.8 Å². The van der Waals surface area contributed by atoms with Gasteiger partial charge in [-0.15, -0.1) is 24.0 Å². The van der Waals surface area contributed by atoms with Gasteiger partial charge in [0.05, 0.1) is 12.3 Å². The van der Waals surface area contributed by atoms with Crippen molar-refractivity contribution in [2.75, 3.05) is 34.2 Å². The van der Waals surface area contributed by atoms with Crippen LogP contribution in [0.25, 0.3) is 0 Å². The van der Waals surface area contributed by atoms with E-state index < -0.39 is 0 Å². The zero-order valence-corrected chi connectivity index (χ0v) is 17.7. The second-order valence-corrected chi connectivity index (χ2v) is 7.45. The standard InChI is InChI=1S/C17H30N4O.HI/c1-16(2)12-21(17(16,3)4)15(18-5)19-11-13(20(6)7)14-9-8-10-22-14;/h8-10,13H,11-12H2,1-7H3,(H,18,19);1H. The predicted molar refractivity (Wildman–Crippen MR) is 106 cm³/mol. The molecule has 23 heavy (non-hydrogen) atoms. The Labute approximate surface area is 157 Å². The molecule has 0 radical (unpaired) electrons. The van der Waals surface area contributed by atoms with Gasteiger partial charge in [0.2, 0.25) is 0 Å². The van der Waals surface area contributed by atoms with Crippen LogP contribution >= 0.6 is 24.0 Å². The molecule has 2 rings (SSSR count). The number of hydrogen-bond donors (Lipinski definition) is 1. The zero-order valence-electron chi connectivity index (χ0n) is 15.4. The number of hydrogen-bond acceptors (Lipinski definition) is 3. The molecule has 1 aromatic rings. The van der Waals surface area contributed by atoms with Crippen LogP contribution in [0.1, 0.15) is 39.5 Å². The first-order valence-corrected chi connectivity index (χ1v) is 7.89. The first kappa shape index (κ1) is 20.3. The summed E-state index contributed by atoms with van der Waals surface area (Å²) in [6, 6.07) is 4.14. The summed E-state index contributed by atoms with van der Waals surface area (Å²) < 4.78 is 5.56. The summed E-state index contributed by atoms with van der Waals surface area (Å²) in [6.07, 6.45) is 1.72. The molecule has 1 N–H and O–H groups in total. The molecule has 1 saturated heterocycles. The van der Waals surface area contributed by atoms with Crippen molar-refractivity contribution >= 4 is 29.9 Å². The van der Waals surface area contributed by atoms with Gasteiger partial charge >= 0.3 is 0 Å². The van der Waals surface area contributed by atoms with Gasteiger partial charge < -0.3 is 14.6 Å². The lowest BCUT2D eigenvalue weighted by atomic mass is 9.65. The Morgan fingerprint density at radius 3 is 2.43 bits per heavy atom. The van der Waals surface area contributed by atoms with Gasteiger partial charge in [-0.3, -0.25) is 9.89 Å². The average molecular weight is 434 g/mol. The molecule has 132 valence electrons. The van der Waals surface area contributed by atoms with E-state index in [9.17, 15) is 0 Å². The monoisotopic (exact) mass is 434 g/mol. The lowest BCUT2D eigenvalue weighted by molar-refractivity contribution is -0.0668. The maximum absolute atomic E-state index is 5.56. The average Bonchev–Trinajstić information content (AvgIpc) is 2.95. The van der Waals surface area contributed by atoms with Crippen molar-refractivity contribution in [2.45, 2.75) is 39.3 Å². The van der Waals surface area contributed by atoms with E-state index in [4.69, 9.17) is 4.42 Å². The van der Waals surface area contributed by atoms with E-state index >= 15 is 0 Å². The van der Waals surface area contributed by atoms with Crippen LogP contribution < -0.4 is 5.32 Å². The van der Waals surface area contributed by atoms with E-state index in [0.29, 0.717) is 5.41 Å². The Kier molecular flexibility index (Phi) is 6.55. The van der Waals surface area contributed by atoms with Gasteiger partial charge in [0.15, 0.2) is 5.96 Å². The molecule has 0 saturated carbocycles. The number of halogens is 1. The lowest BCUT2D eigenvalue weighted by Crippen LogP contribution is -2.72. The Morgan fingerprint density at radius 1 is 1.39 bits per heavy atom. The van der Waals surface area contributed by atoms with Crippen LogP contribution in [-0.2, 0) is 0 Å². The Morgan fingerprint density at radius 2 is 2.04 bits per heavy atom. The fraction of sp³-hybridized carbons (Fsp3) is 0.706. The van der Waals surface area contributed by atoms with Crippen molar-refractivity contribution in [2.24, 2.45) is 10.4 Å². The number of furan rings is 1. The summed E-state index contributed by atoms with van der Waals surface area (Å²) in [5.74, 6) is 1.93. The van der Waals surface area contributed by atoms with Gasteiger partial charge in [-0.2, -0.15) is 0 Å². The minimum atomic E-state index is 0. The third-order valence-corrected chi connectivity index (χ3v) is 5.30. The third kappa shape index (κ3) is 3.84. The fourth-order valence-electron chi connectivity index (χ4n) is 2.90. The molecule has 1 aliphatic heterocycles. The van der Waals surface area contributed by atoms with E-state index in [1.165, 1.54) is 0 Å². The summed E-state index contributed by atoms with van der Waals surface area (Å²) in [7, 11) is 5.98. The summed E-state index contributed by atoms with van der Waals surface area (Å²) >= 11 is 0. The van der Waals surface area contributed by atoms with Crippen LogP contribution in [0.3, 0.4) is 0 Å². The lowest BCUT2D eigenvalue weighted by Gasteiger charge is -2.62. The van der Waals surface area contributed by atoms with Crippen LogP contribution in [0.4, 0.5) is 0 Å². The second-order valence-electron chi connectivity index (χ2n) is 7.45. The molecule has 0 aromatic carbocycles. The molecule has 1 atom stereocenters. The normalized spacial score (nSPS) is 20.7. The topological polar surface area (TPSA) is 44.0 Å². The van der Waals surface area contributed by atoms with Gasteiger partial charge in [0.1, 0.15) is 5.76 Å². The molecule has 0 amide bonds. The maximum Gasteiger partial charge on any atom is 0.194 e. The van der Waals surface area contributed by atoms with E-state index in [1.54, 1.807) is 6.26 Å². The summed E-state index contributed by atoms with van der Waals surface area (Å²) in [6.45, 7) is 11.0. The van der Waals surface area contributed by atoms with E-state index in [2.05, 4.69) is 61.9 Å². The zero-order chi connectivity index (χ0) is 16.5. The van der Waals surface area contributed by atoms with Crippen molar-refractivity contribution in [3.05, 3.63) is 24.2 Å². The second kappa shape index (κ2) is 7.42. The Hall–Kier alpha value is -0.760. The highest BCUT2D eigenvalue weighted by atomic mass is 127. The smallest absolute Gasteiger partial charge is 0.194 e. The minimum Gasteiger partial charge on any atom is -0.468 e. The molecule has 1 aliphatic rings. The van der Waals surface area contributed by atoms with E-state index in [0.717, 1.165) is 24.8 Å². The first-order chi connectivity index (χ1) is 10.2. The number of aliphatic imine (C=N–C) groups is 1. The van der Waals surface area contributed by atoms with E-state index in [-0.39, 0.29) is 35.6 Å². The number of likely N-dealkylation sites (tertiary alicyclic amines) is 1. The van der Waals surface area contributed by atoms with Crippen molar-refractivity contribution in [1.82, 2.24) is 15.1 Å². The van der Waals surface area contributed by atoms with Gasteiger partial charge in [0, 0.05) is 31.1 Å². The fourth-order valence-corrected chi connectivity index (χ4v) is 2.90. The number of nitrogens with zero attached hydrogens (tertiary/aromatic N) is 3. The summed E-state index contributed by atoms with van der Waals surface area (Å²) in [4.78, 5) is 8.97. The van der Waals surface area contributed by atoms with Crippen LogP contribution in [0.5, 0.6) is 0 Å². The number of rotatable bonds is 4. The first-order valence-electron chi connectivity index (χ1n) is 7.89. The summed E-state index contributed by atoms with van der Waals surface area (Å²) in [5, 5.41) is 3.51. The number of likely N-dealkylation sites (N-methyl/N-ethyl adjacent to an activating group) is 1. The highest BCUT2D eigenvalue weighted by molar-refractivity contribution is 14.0. The highest BCUT2D eigenvalue weighted by Crippen LogP contribution is 2.46. The molecule has 5 nitrogen and oxygen atoms in total. The molecule has 6 heteroatoms. The SMILES string of the molecule is CN=C(NCC(c1ccco1)N(C)C)N1CC(C)(C)C1(C)C.I. The van der Waals surface area contributed by atoms with E-state index in [1.807, 2.05) is 19.2 Å². The minimum absolute atomic E-state index is 0. The van der Waals surface area contributed by atoms with Gasteiger partial charge in [-0.05, 0) is 40.1 Å². The van der Waals surface area contributed by atoms with Crippen LogP contribution in [-0.4, -0.2) is 55.5 Å². The van der Waals surface area contributed by atoms with Crippen molar-refractivity contribution in [3.8, 4) is 0 Å². The number of nitrogens with one attached hydrogen (secondary N) is 1. The molecule has 2 heterocycles. The molecular weight excluding hydrogens is 403 g/mol. The summed E-state index contributed by atoms with van der Waals surface area (Å²) in [5.41, 5.74) is 0.402. The quantitative estimate of drug-likeness (QED) is 0.449. The third-order valence-electron chi connectivity index (χ3n) is 5.30. The van der Waals surface area contributed by atoms with Gasteiger partial charge in [-0.25, -0.2) is 0 Å². The van der Waals surface area contributed by atoms with Crippen LogP contribution in [0.15, 0.2) is 27.8 Å².